The molecule has 2 aliphatic rings. The van der Waals surface area contributed by atoms with Gasteiger partial charge in [0.05, 0.1) is 10.5 Å². The van der Waals surface area contributed by atoms with Crippen molar-refractivity contribution < 1.29 is 8.42 Å². The van der Waals surface area contributed by atoms with Crippen molar-refractivity contribution in [3.8, 4) is 0 Å². The summed E-state index contributed by atoms with van der Waals surface area (Å²) in [6, 6.07) is 0. The number of hydrogen-bond acceptors (Lipinski definition) is 2. The Morgan fingerprint density at radius 2 is 1.18 bits per heavy atom. The van der Waals surface area contributed by atoms with Crippen molar-refractivity contribution in [2.75, 3.05) is 0 Å². The van der Waals surface area contributed by atoms with Gasteiger partial charge < -0.3 is 0 Å². The van der Waals surface area contributed by atoms with E-state index in [0.717, 1.165) is 38.5 Å². The molecule has 0 radical (unpaired) electrons. The molecule has 0 heterocycles. The summed E-state index contributed by atoms with van der Waals surface area (Å²) in [7, 11) is -2.67. The Balaban J connectivity index is 2.07. The van der Waals surface area contributed by atoms with Crippen molar-refractivity contribution in [2.24, 2.45) is 0 Å². The van der Waals surface area contributed by atoms with Gasteiger partial charge in [-0.3, -0.25) is 0 Å². The third-order valence-corrected chi connectivity index (χ3v) is 5.83. The summed E-state index contributed by atoms with van der Waals surface area (Å²) in [5.74, 6) is 0. The van der Waals surface area contributed by atoms with Crippen LogP contribution in [0.1, 0.15) is 38.5 Å². The van der Waals surface area contributed by atoms with Crippen LogP contribution in [0, 0.1) is 0 Å². The predicted molar refractivity (Wildman–Crippen MR) is 44.2 cm³/mol. The SMILES string of the molecule is O=S(=O)(C1CCC1)C1CCC1. The quantitative estimate of drug-likeness (QED) is 0.636. The van der Waals surface area contributed by atoms with Crippen LogP contribution < -0.4 is 0 Å². The number of rotatable bonds is 2. The number of sulfone groups is 1. The van der Waals surface area contributed by atoms with E-state index in [1.165, 1.54) is 0 Å². The summed E-state index contributed by atoms with van der Waals surface area (Å²) in [4.78, 5) is 0. The van der Waals surface area contributed by atoms with Crippen LogP contribution in [0.3, 0.4) is 0 Å². The third-order valence-electron chi connectivity index (χ3n) is 3.03. The smallest absolute Gasteiger partial charge is 0.156 e. The summed E-state index contributed by atoms with van der Waals surface area (Å²) in [6.45, 7) is 0. The maximum atomic E-state index is 11.6. The summed E-state index contributed by atoms with van der Waals surface area (Å²) in [5.41, 5.74) is 0. The van der Waals surface area contributed by atoms with Gasteiger partial charge in [-0.1, -0.05) is 12.8 Å². The van der Waals surface area contributed by atoms with E-state index in [4.69, 9.17) is 0 Å². The normalized spacial score (nSPS) is 27.6. The molecule has 0 aromatic carbocycles. The number of hydrogen-bond donors (Lipinski definition) is 0. The van der Waals surface area contributed by atoms with E-state index >= 15 is 0 Å². The molecule has 0 N–H and O–H groups in total. The first kappa shape index (κ1) is 7.59. The lowest BCUT2D eigenvalue weighted by molar-refractivity contribution is 0.432. The molecule has 0 aromatic rings. The molecule has 0 amide bonds. The zero-order valence-corrected chi connectivity index (χ0v) is 7.44. The van der Waals surface area contributed by atoms with Gasteiger partial charge in [-0.2, -0.15) is 0 Å². The lowest BCUT2D eigenvalue weighted by Gasteiger charge is -2.33. The third kappa shape index (κ3) is 1.10. The molecule has 0 spiro atoms. The van der Waals surface area contributed by atoms with E-state index in [9.17, 15) is 8.42 Å². The van der Waals surface area contributed by atoms with Crippen LogP contribution >= 0.6 is 0 Å². The van der Waals surface area contributed by atoms with Gasteiger partial charge >= 0.3 is 0 Å². The summed E-state index contributed by atoms with van der Waals surface area (Å²) >= 11 is 0. The monoisotopic (exact) mass is 174 g/mol. The highest BCUT2D eigenvalue weighted by Gasteiger charge is 2.39. The summed E-state index contributed by atoms with van der Waals surface area (Å²) in [6.07, 6.45) is 5.96. The molecule has 2 saturated carbocycles. The topological polar surface area (TPSA) is 34.1 Å². The Morgan fingerprint density at radius 1 is 0.818 bits per heavy atom. The molecule has 2 fully saturated rings. The van der Waals surface area contributed by atoms with Gasteiger partial charge in [0, 0.05) is 0 Å². The summed E-state index contributed by atoms with van der Waals surface area (Å²) in [5, 5.41) is 0.0978. The first-order valence-corrected chi connectivity index (χ1v) is 6.05. The van der Waals surface area contributed by atoms with Crippen LogP contribution in [0.15, 0.2) is 0 Å². The van der Waals surface area contributed by atoms with E-state index in [0.29, 0.717) is 0 Å². The highest BCUT2D eigenvalue weighted by atomic mass is 32.2. The largest absolute Gasteiger partial charge is 0.228 e. The molecule has 3 heteroatoms. The molecule has 0 saturated heterocycles. The van der Waals surface area contributed by atoms with Gasteiger partial charge in [-0.25, -0.2) is 8.42 Å². The zero-order chi connectivity index (χ0) is 7.90. The van der Waals surface area contributed by atoms with Crippen molar-refractivity contribution in [3.05, 3.63) is 0 Å². The van der Waals surface area contributed by atoms with Crippen molar-refractivity contribution in [3.63, 3.8) is 0 Å². The van der Waals surface area contributed by atoms with E-state index in [-0.39, 0.29) is 10.5 Å². The molecular formula is C8H14O2S. The second-order valence-corrected chi connectivity index (χ2v) is 6.21. The zero-order valence-electron chi connectivity index (χ0n) is 6.62. The fourth-order valence-corrected chi connectivity index (χ4v) is 4.20. The molecule has 0 atom stereocenters. The van der Waals surface area contributed by atoms with Crippen molar-refractivity contribution in [2.45, 2.75) is 49.0 Å². The van der Waals surface area contributed by atoms with Crippen molar-refractivity contribution in [1.82, 2.24) is 0 Å². The average Bonchev–Trinajstić information content (AvgIpc) is 1.46. The van der Waals surface area contributed by atoms with Crippen LogP contribution in [0.2, 0.25) is 0 Å². The highest BCUT2D eigenvalue weighted by molar-refractivity contribution is 7.92. The van der Waals surface area contributed by atoms with Gasteiger partial charge in [0.25, 0.3) is 0 Å². The molecule has 0 bridgehead atoms. The molecule has 0 aromatic heterocycles. The van der Waals surface area contributed by atoms with Crippen LogP contribution in [0.25, 0.3) is 0 Å². The summed E-state index contributed by atoms with van der Waals surface area (Å²) < 4.78 is 23.2. The molecule has 2 nitrogen and oxygen atoms in total. The lowest BCUT2D eigenvalue weighted by atomic mass is 9.99. The first-order chi connectivity index (χ1) is 5.21. The fourth-order valence-electron chi connectivity index (χ4n) is 1.67. The van der Waals surface area contributed by atoms with Crippen molar-refractivity contribution in [1.29, 1.82) is 0 Å². The second-order valence-electron chi connectivity index (χ2n) is 3.69. The van der Waals surface area contributed by atoms with Crippen LogP contribution in [0.5, 0.6) is 0 Å². The Kier molecular flexibility index (Phi) is 1.71. The average molecular weight is 174 g/mol. The maximum Gasteiger partial charge on any atom is 0.156 e. The second kappa shape index (κ2) is 2.47. The first-order valence-electron chi connectivity index (χ1n) is 4.44. The minimum atomic E-state index is -2.67. The Hall–Kier alpha value is -0.0500. The molecule has 11 heavy (non-hydrogen) atoms. The Bertz CT molecular complexity index is 215. The molecule has 0 unspecified atom stereocenters. The Morgan fingerprint density at radius 3 is 1.36 bits per heavy atom. The molecule has 2 rings (SSSR count). The van der Waals surface area contributed by atoms with Crippen LogP contribution in [0.4, 0.5) is 0 Å². The van der Waals surface area contributed by atoms with Gasteiger partial charge in [-0.15, -0.1) is 0 Å². The van der Waals surface area contributed by atoms with E-state index in [2.05, 4.69) is 0 Å². The minimum absolute atomic E-state index is 0.0489. The van der Waals surface area contributed by atoms with E-state index < -0.39 is 9.84 Å². The predicted octanol–water partition coefficient (Wildman–Crippen LogP) is 1.51. The lowest BCUT2D eigenvalue weighted by Crippen LogP contribution is -2.39. The maximum absolute atomic E-state index is 11.6. The molecule has 2 aliphatic carbocycles. The Labute approximate surface area is 67.9 Å². The van der Waals surface area contributed by atoms with Gasteiger partial charge in [0.2, 0.25) is 0 Å². The van der Waals surface area contributed by atoms with E-state index in [1.807, 2.05) is 0 Å². The fraction of sp³-hybridized carbons (Fsp3) is 1.00. The van der Waals surface area contributed by atoms with E-state index in [1.54, 1.807) is 0 Å². The molecule has 64 valence electrons. The van der Waals surface area contributed by atoms with Crippen molar-refractivity contribution >= 4 is 9.84 Å². The van der Waals surface area contributed by atoms with Crippen LogP contribution in [-0.2, 0) is 9.84 Å². The van der Waals surface area contributed by atoms with Gasteiger partial charge in [0.15, 0.2) is 9.84 Å². The van der Waals surface area contributed by atoms with Crippen LogP contribution in [-0.4, -0.2) is 18.9 Å². The van der Waals surface area contributed by atoms with Gasteiger partial charge in [-0.05, 0) is 25.7 Å². The minimum Gasteiger partial charge on any atom is -0.228 e. The standard InChI is InChI=1S/C8H14O2S/c9-11(10,7-3-1-4-7)8-5-2-6-8/h7-8H,1-6H2. The molecular weight excluding hydrogens is 160 g/mol. The van der Waals surface area contributed by atoms with Gasteiger partial charge in [0.1, 0.15) is 0 Å². The molecule has 0 aliphatic heterocycles. The highest BCUT2D eigenvalue weighted by Crippen LogP contribution is 2.35.